The average Bonchev–Trinajstić information content (AvgIpc) is 3.11. The van der Waals surface area contributed by atoms with Gasteiger partial charge in [0.05, 0.1) is 36.7 Å². The molecule has 0 N–H and O–H groups in total. The van der Waals surface area contributed by atoms with Gasteiger partial charge >= 0.3 is 0 Å². The third-order valence-corrected chi connectivity index (χ3v) is 5.80. The number of rotatable bonds is 2. The predicted molar refractivity (Wildman–Crippen MR) is 87.4 cm³/mol. The van der Waals surface area contributed by atoms with E-state index in [4.69, 9.17) is 9.47 Å². The number of aryl methyl sites for hydroxylation is 2. The second kappa shape index (κ2) is 4.93. The van der Waals surface area contributed by atoms with Gasteiger partial charge in [-0.05, 0) is 55.5 Å². The first-order valence-electron chi connectivity index (χ1n) is 7.78. The monoisotopic (exact) mass is 362 g/mol. The Balaban J connectivity index is 1.90. The Morgan fingerprint density at radius 2 is 1.73 bits per heavy atom. The van der Waals surface area contributed by atoms with Crippen LogP contribution in [0.3, 0.4) is 0 Å². The summed E-state index contributed by atoms with van der Waals surface area (Å²) in [6, 6.07) is 4.13. The van der Waals surface area contributed by atoms with E-state index in [1.807, 2.05) is 0 Å². The van der Waals surface area contributed by atoms with Gasteiger partial charge in [-0.15, -0.1) is 0 Å². The minimum Gasteiger partial charge on any atom is -0.500 e. The van der Waals surface area contributed by atoms with Crippen molar-refractivity contribution in [2.45, 2.75) is 38.9 Å². The molecule has 0 saturated carbocycles. The average molecular weight is 363 g/mol. The lowest BCUT2D eigenvalue weighted by Crippen LogP contribution is -2.29. The number of benzene rings is 1. The highest BCUT2D eigenvalue weighted by Crippen LogP contribution is 2.55. The maximum atomic E-state index is 13.1. The number of ether oxygens (including phenoxy) is 2. The highest BCUT2D eigenvalue weighted by atomic mass is 79.9. The van der Waals surface area contributed by atoms with E-state index in [2.05, 4.69) is 41.9 Å². The molecule has 4 heteroatoms. The van der Waals surface area contributed by atoms with Crippen LogP contribution in [0, 0.1) is 25.7 Å². The second-order valence-electron chi connectivity index (χ2n) is 6.56. The van der Waals surface area contributed by atoms with Gasteiger partial charge in [-0.1, -0.05) is 15.9 Å². The zero-order chi connectivity index (χ0) is 15.6. The van der Waals surface area contributed by atoms with Crippen LogP contribution in [0.4, 0.5) is 0 Å². The number of carbonyl (C=O) groups is 1. The maximum absolute atomic E-state index is 13.1. The predicted octanol–water partition coefficient (Wildman–Crippen LogP) is 3.80. The van der Waals surface area contributed by atoms with Gasteiger partial charge in [-0.3, -0.25) is 4.79 Å². The number of hydrogen-bond acceptors (Lipinski definition) is 3. The molecule has 2 bridgehead atoms. The van der Waals surface area contributed by atoms with Gasteiger partial charge in [0, 0.05) is 4.47 Å². The van der Waals surface area contributed by atoms with E-state index in [0.29, 0.717) is 0 Å². The molecule has 1 aromatic rings. The van der Waals surface area contributed by atoms with Gasteiger partial charge in [-0.2, -0.15) is 0 Å². The van der Waals surface area contributed by atoms with Crippen molar-refractivity contribution in [3.8, 4) is 0 Å². The molecule has 0 amide bonds. The van der Waals surface area contributed by atoms with Crippen molar-refractivity contribution in [2.24, 2.45) is 11.8 Å². The molecular formula is C18H19BrO3. The standard InChI is InChI=1S/C18H19BrO3/c1-8-6-10(19)7-9(2)13(8)16-17(20)14-11-4-5-12(22-11)15(14)18(16)21-3/h6-7,11-12,14-15H,4-5H2,1-3H3/t11?,12?,14-,15+/m0/s1. The van der Waals surface area contributed by atoms with Crippen molar-refractivity contribution >= 4 is 27.3 Å². The lowest BCUT2D eigenvalue weighted by molar-refractivity contribution is -0.118. The van der Waals surface area contributed by atoms with E-state index in [1.54, 1.807) is 7.11 Å². The fourth-order valence-electron chi connectivity index (χ4n) is 4.59. The normalized spacial score (nSPS) is 32.8. The largest absolute Gasteiger partial charge is 0.500 e. The molecule has 3 nitrogen and oxygen atoms in total. The summed E-state index contributed by atoms with van der Waals surface area (Å²) in [6.07, 6.45) is 2.28. The van der Waals surface area contributed by atoms with Gasteiger partial charge in [0.25, 0.3) is 0 Å². The zero-order valence-electron chi connectivity index (χ0n) is 13.0. The molecule has 2 fully saturated rings. The third-order valence-electron chi connectivity index (χ3n) is 5.34. The second-order valence-corrected chi connectivity index (χ2v) is 7.48. The molecule has 0 spiro atoms. The number of allylic oxidation sites excluding steroid dienone is 1. The van der Waals surface area contributed by atoms with Gasteiger partial charge in [-0.25, -0.2) is 0 Å². The highest BCUT2D eigenvalue weighted by molar-refractivity contribution is 9.10. The van der Waals surface area contributed by atoms with Crippen LogP contribution in [-0.4, -0.2) is 25.1 Å². The van der Waals surface area contributed by atoms with E-state index in [-0.39, 0.29) is 29.8 Å². The molecular weight excluding hydrogens is 344 g/mol. The Morgan fingerprint density at radius 3 is 2.32 bits per heavy atom. The van der Waals surface area contributed by atoms with Crippen molar-refractivity contribution in [3.05, 3.63) is 39.1 Å². The molecule has 1 aromatic carbocycles. The number of fused-ring (bicyclic) bond motifs is 5. The van der Waals surface area contributed by atoms with Gasteiger partial charge in [0.1, 0.15) is 5.76 Å². The molecule has 2 unspecified atom stereocenters. The van der Waals surface area contributed by atoms with Gasteiger partial charge < -0.3 is 9.47 Å². The summed E-state index contributed by atoms with van der Waals surface area (Å²) in [4.78, 5) is 13.1. The number of hydrogen-bond donors (Lipinski definition) is 0. The quantitative estimate of drug-likeness (QED) is 0.802. The highest BCUT2D eigenvalue weighted by Gasteiger charge is 2.59. The first-order valence-corrected chi connectivity index (χ1v) is 8.57. The lowest BCUT2D eigenvalue weighted by atomic mass is 9.80. The molecule has 2 saturated heterocycles. The molecule has 22 heavy (non-hydrogen) atoms. The lowest BCUT2D eigenvalue weighted by Gasteiger charge is -2.21. The molecule has 0 radical (unpaired) electrons. The van der Waals surface area contributed by atoms with Crippen LogP contribution in [0.1, 0.15) is 29.5 Å². The molecule has 4 rings (SSSR count). The van der Waals surface area contributed by atoms with E-state index in [1.165, 1.54) is 0 Å². The maximum Gasteiger partial charge on any atom is 0.173 e. The molecule has 4 atom stereocenters. The van der Waals surface area contributed by atoms with Crippen LogP contribution in [0.25, 0.3) is 5.57 Å². The van der Waals surface area contributed by atoms with Crippen LogP contribution >= 0.6 is 15.9 Å². The number of halogens is 1. The summed E-state index contributed by atoms with van der Waals surface area (Å²) in [5.41, 5.74) is 4.05. The third kappa shape index (κ3) is 1.80. The Hall–Kier alpha value is -1.13. The summed E-state index contributed by atoms with van der Waals surface area (Å²) in [5, 5.41) is 0. The summed E-state index contributed by atoms with van der Waals surface area (Å²) >= 11 is 3.53. The number of ketones is 1. The van der Waals surface area contributed by atoms with E-state index >= 15 is 0 Å². The molecule has 3 aliphatic rings. The Labute approximate surface area is 138 Å². The van der Waals surface area contributed by atoms with Crippen LogP contribution in [0.2, 0.25) is 0 Å². The fourth-order valence-corrected chi connectivity index (χ4v) is 5.27. The summed E-state index contributed by atoms with van der Waals surface area (Å²) < 4.78 is 12.7. The van der Waals surface area contributed by atoms with Crippen molar-refractivity contribution in [1.82, 2.24) is 0 Å². The number of Topliss-reactive ketones (excluding diaryl/α,β-unsaturated/α-hetero) is 1. The summed E-state index contributed by atoms with van der Waals surface area (Å²) in [7, 11) is 1.68. The topological polar surface area (TPSA) is 35.5 Å². The molecule has 2 heterocycles. The van der Waals surface area contributed by atoms with Crippen LogP contribution in [0.15, 0.2) is 22.4 Å². The first kappa shape index (κ1) is 14.5. The van der Waals surface area contributed by atoms with Crippen molar-refractivity contribution in [3.63, 3.8) is 0 Å². The Bertz CT molecular complexity index is 683. The minimum absolute atomic E-state index is 0.0360. The molecule has 116 valence electrons. The number of methoxy groups -OCH3 is 1. The summed E-state index contributed by atoms with van der Waals surface area (Å²) in [6.45, 7) is 4.11. The van der Waals surface area contributed by atoms with Gasteiger partial charge in [0.2, 0.25) is 0 Å². The molecule has 2 aliphatic heterocycles. The summed E-state index contributed by atoms with van der Waals surface area (Å²) in [5.74, 6) is 1.14. The van der Waals surface area contributed by atoms with Crippen LogP contribution in [-0.2, 0) is 14.3 Å². The fraction of sp³-hybridized carbons (Fsp3) is 0.500. The van der Waals surface area contributed by atoms with Crippen molar-refractivity contribution in [1.29, 1.82) is 0 Å². The van der Waals surface area contributed by atoms with Crippen molar-refractivity contribution in [2.75, 3.05) is 7.11 Å². The Morgan fingerprint density at radius 1 is 1.14 bits per heavy atom. The zero-order valence-corrected chi connectivity index (χ0v) is 14.6. The first-order chi connectivity index (χ1) is 10.5. The number of carbonyl (C=O) groups excluding carboxylic acids is 1. The van der Waals surface area contributed by atoms with Gasteiger partial charge in [0.15, 0.2) is 5.78 Å². The van der Waals surface area contributed by atoms with Crippen LogP contribution < -0.4 is 0 Å². The molecule has 0 aromatic heterocycles. The van der Waals surface area contributed by atoms with E-state index in [9.17, 15) is 4.79 Å². The SMILES string of the molecule is COC1=C(c2c(C)cc(Br)cc2C)C(=O)[C@H]2C3CCC(O3)[C@@H]12. The smallest absolute Gasteiger partial charge is 0.173 e. The van der Waals surface area contributed by atoms with Crippen LogP contribution in [0.5, 0.6) is 0 Å². The van der Waals surface area contributed by atoms with E-state index in [0.717, 1.165) is 45.3 Å². The Kier molecular flexibility index (Phi) is 3.24. The van der Waals surface area contributed by atoms with E-state index < -0.39 is 0 Å². The van der Waals surface area contributed by atoms with Crippen molar-refractivity contribution < 1.29 is 14.3 Å². The minimum atomic E-state index is -0.0360. The molecule has 1 aliphatic carbocycles.